The molecule has 0 spiro atoms. The van der Waals surface area contributed by atoms with Crippen molar-refractivity contribution < 1.29 is 15.6 Å². The van der Waals surface area contributed by atoms with Gasteiger partial charge in [0, 0.05) is 0 Å². The molecule has 0 aromatic heterocycles. The summed E-state index contributed by atoms with van der Waals surface area (Å²) in [7, 11) is 17.5. The fraction of sp³-hybridized carbons (Fsp3) is 0.378. The van der Waals surface area contributed by atoms with Crippen molar-refractivity contribution in [3.8, 4) is 22.3 Å². The van der Waals surface area contributed by atoms with Crippen molar-refractivity contribution in [2.45, 2.75) is 98.9 Å². The molecule has 4 heteroatoms. The van der Waals surface area contributed by atoms with Crippen LogP contribution in [0.4, 0.5) is 0 Å². The van der Waals surface area contributed by atoms with Gasteiger partial charge in [0.2, 0.25) is 0 Å². The molecule has 3 aliphatic carbocycles. The van der Waals surface area contributed by atoms with E-state index in [1.54, 1.807) is 5.57 Å². The third-order valence-corrected chi connectivity index (χ3v) is 64.3. The van der Waals surface area contributed by atoms with Crippen molar-refractivity contribution in [2.75, 3.05) is 0 Å². The minimum atomic E-state index is -4.83. The van der Waals surface area contributed by atoms with Crippen LogP contribution in [-0.4, -0.2) is 5.92 Å². The van der Waals surface area contributed by atoms with Gasteiger partial charge in [0.15, 0.2) is 0 Å². The molecule has 7 rings (SSSR count). The zero-order valence-electron chi connectivity index (χ0n) is 30.7. The van der Waals surface area contributed by atoms with Crippen LogP contribution in [0.1, 0.15) is 114 Å². The molecule has 0 nitrogen and oxygen atoms in total. The molecule has 1 saturated carbocycles. The van der Waals surface area contributed by atoms with E-state index in [0.29, 0.717) is 11.8 Å². The predicted molar refractivity (Wildman–Crippen MR) is 216 cm³/mol. The minimum absolute atomic E-state index is 0.106. The van der Waals surface area contributed by atoms with E-state index in [1.807, 2.05) is 0 Å². The van der Waals surface area contributed by atoms with Crippen LogP contribution in [-0.2, 0) is 21.0 Å². The maximum absolute atomic E-state index is 8.74. The van der Waals surface area contributed by atoms with Crippen molar-refractivity contribution in [3.63, 3.8) is 0 Å². The Morgan fingerprint density at radius 2 is 1.20 bits per heavy atom. The molecule has 1 fully saturated rings. The summed E-state index contributed by atoms with van der Waals surface area (Å²) in [5.74, 6) is -0.549. The van der Waals surface area contributed by atoms with E-state index in [1.165, 1.54) is 86.9 Å². The van der Waals surface area contributed by atoms with Crippen LogP contribution in [0.3, 0.4) is 0 Å². The fourth-order valence-corrected chi connectivity index (χ4v) is 41.4. The normalized spacial score (nSPS) is 20.3. The Balaban J connectivity index is 1.40. The van der Waals surface area contributed by atoms with Gasteiger partial charge in [-0.25, -0.2) is 0 Å². The molecule has 0 N–H and O–H groups in total. The van der Waals surface area contributed by atoms with Gasteiger partial charge in [-0.1, -0.05) is 0 Å². The Morgan fingerprint density at radius 1 is 0.694 bits per heavy atom. The van der Waals surface area contributed by atoms with Crippen molar-refractivity contribution in [1.82, 2.24) is 0 Å². The second-order valence-corrected chi connectivity index (χ2v) is 59.5. The number of hydrogen-bond acceptors (Lipinski definition) is 0. The molecule has 255 valence electrons. The zero-order chi connectivity index (χ0) is 34.9. The van der Waals surface area contributed by atoms with Crippen LogP contribution in [0, 0.1) is 5.92 Å². The Labute approximate surface area is 304 Å². The van der Waals surface area contributed by atoms with E-state index in [-0.39, 0.29) is 12.7 Å². The Bertz CT molecular complexity index is 1950. The molecular weight excluding hydrogens is 731 g/mol. The molecule has 0 aliphatic heterocycles. The number of benzene rings is 4. The van der Waals surface area contributed by atoms with E-state index < -0.39 is 21.5 Å². The van der Waals surface area contributed by atoms with Crippen LogP contribution >= 0.6 is 17.0 Å². The van der Waals surface area contributed by atoms with Gasteiger partial charge < -0.3 is 0 Å². The van der Waals surface area contributed by atoms with Gasteiger partial charge in [-0.2, -0.15) is 0 Å². The van der Waals surface area contributed by atoms with Gasteiger partial charge >= 0.3 is 307 Å². The van der Waals surface area contributed by atoms with E-state index in [2.05, 4.69) is 152 Å². The molecule has 2 unspecified atom stereocenters. The van der Waals surface area contributed by atoms with Gasteiger partial charge in [0.05, 0.1) is 0 Å². The summed E-state index contributed by atoms with van der Waals surface area (Å²) in [4.78, 5) is 0. The van der Waals surface area contributed by atoms with E-state index in [4.69, 9.17) is 17.0 Å². The molecule has 3 aliphatic rings. The van der Waals surface area contributed by atoms with Crippen molar-refractivity contribution in [1.29, 1.82) is 0 Å². The van der Waals surface area contributed by atoms with Gasteiger partial charge in [-0.15, -0.1) is 0 Å². The first-order valence-electron chi connectivity index (χ1n) is 18.6. The molecule has 4 aromatic carbocycles. The maximum atomic E-state index is 8.74. The van der Waals surface area contributed by atoms with Crippen LogP contribution in [0.15, 0.2) is 96.1 Å². The molecule has 4 aromatic rings. The summed E-state index contributed by atoms with van der Waals surface area (Å²) in [5, 5.41) is 0. The average Bonchev–Trinajstić information content (AvgIpc) is 3.81. The van der Waals surface area contributed by atoms with Crippen LogP contribution in [0.25, 0.3) is 34.4 Å². The number of allylic oxidation sites excluding steroid dienone is 2. The molecule has 0 bridgehead atoms. The van der Waals surface area contributed by atoms with Gasteiger partial charge in [-0.05, 0) is 0 Å². The number of rotatable bonds is 7. The molecular formula is C45H53Cl2SiZr. The molecule has 0 heterocycles. The van der Waals surface area contributed by atoms with Gasteiger partial charge in [-0.3, -0.25) is 0 Å². The standard InChI is InChI=1S/C23H25.C20H21.C2H7Si.2ClH.Zr/c1-16(2)17-10-12-19(13-11-17)22-9-5-8-20-14-21(15-23(20)22)18-6-3-4-7-18;1-14-12-16-6-5-7-18(19(16)13-14)15-8-10-17(11-9-15)20(2,3)4;1-3-2;;;/h5,8-16,18H,3-4,6-7H2,1-2H3;5-13H,1-4H3;3H,1-2H3;2*1H;/q;;;;;+2/p-2. The summed E-state index contributed by atoms with van der Waals surface area (Å²) in [6.07, 6.45) is 10.1. The van der Waals surface area contributed by atoms with Crippen LogP contribution in [0.5, 0.6) is 0 Å². The first-order valence-corrected chi connectivity index (χ1v) is 35.0. The predicted octanol–water partition coefficient (Wildman–Crippen LogP) is 14.2. The molecule has 2 atom stereocenters. The van der Waals surface area contributed by atoms with Crippen molar-refractivity contribution >= 4 is 35.1 Å². The summed E-state index contributed by atoms with van der Waals surface area (Å²) < 4.78 is 0.244. The van der Waals surface area contributed by atoms with E-state index in [9.17, 15) is 0 Å². The van der Waals surface area contributed by atoms with Crippen molar-refractivity contribution in [3.05, 3.63) is 129 Å². The van der Waals surface area contributed by atoms with Crippen molar-refractivity contribution in [2.24, 2.45) is 5.92 Å². The fourth-order valence-electron chi connectivity index (χ4n) is 9.47. The quantitative estimate of drug-likeness (QED) is 0.164. The second-order valence-electron chi connectivity index (χ2n) is 17.0. The summed E-state index contributed by atoms with van der Waals surface area (Å²) >= 11 is -4.83. The van der Waals surface area contributed by atoms with Gasteiger partial charge in [0.25, 0.3) is 0 Å². The second kappa shape index (κ2) is 12.9. The SMILES string of the molecule is CC1=Cc2c(-c3ccc(C(C)(C)C)cc3)cccc2[CH]1[Zr]([Cl])([Cl])([CH]1C(C2CCCC2)=Cc2c(-c3ccc(C(C)C)cc3)cccc21)[SiH](C)C. The average molecular weight is 784 g/mol. The topological polar surface area (TPSA) is 0 Å². The summed E-state index contributed by atoms with van der Waals surface area (Å²) in [6.45, 7) is 18.7. The molecule has 0 saturated heterocycles. The monoisotopic (exact) mass is 781 g/mol. The van der Waals surface area contributed by atoms with Gasteiger partial charge in [0.1, 0.15) is 0 Å². The Hall–Kier alpha value is -1.96. The van der Waals surface area contributed by atoms with Crippen LogP contribution in [0.2, 0.25) is 13.1 Å². The summed E-state index contributed by atoms with van der Waals surface area (Å²) in [6, 6.07) is 32.4. The number of halogens is 2. The van der Waals surface area contributed by atoms with Crippen LogP contribution < -0.4 is 0 Å². The summed E-state index contributed by atoms with van der Waals surface area (Å²) in [5.41, 5.74) is 16.4. The Kier molecular flexibility index (Phi) is 9.34. The van der Waals surface area contributed by atoms with E-state index >= 15 is 0 Å². The third-order valence-electron chi connectivity index (χ3n) is 12.4. The molecule has 49 heavy (non-hydrogen) atoms. The first-order chi connectivity index (χ1) is 23.2. The first kappa shape index (κ1) is 35.4. The number of hydrogen-bond donors (Lipinski definition) is 0. The zero-order valence-corrected chi connectivity index (χ0v) is 35.8. The van der Waals surface area contributed by atoms with E-state index in [0.717, 1.165) is 0 Å². The Morgan fingerprint density at radius 3 is 1.71 bits per heavy atom. The molecule has 0 amide bonds. The third kappa shape index (κ3) is 5.90. The number of fused-ring (bicyclic) bond motifs is 2. The molecule has 0 radical (unpaired) electrons.